The highest BCUT2D eigenvalue weighted by molar-refractivity contribution is 7.37. The van der Waals surface area contributed by atoms with Crippen LogP contribution in [0.25, 0.3) is 0 Å². The van der Waals surface area contributed by atoms with Crippen LogP contribution >= 0.6 is 8.58 Å². The van der Waals surface area contributed by atoms with E-state index in [1.54, 1.807) is 0 Å². The van der Waals surface area contributed by atoms with Crippen LogP contribution in [-0.4, -0.2) is 46.8 Å². The number of rotatable bonds is 8. The van der Waals surface area contributed by atoms with Crippen molar-refractivity contribution < 1.29 is 38.9 Å². The van der Waals surface area contributed by atoms with E-state index in [4.69, 9.17) is 9.47 Å². The first-order valence-electron chi connectivity index (χ1n) is 10.8. The highest BCUT2D eigenvalue weighted by Gasteiger charge is 2.39. The summed E-state index contributed by atoms with van der Waals surface area (Å²) in [7, 11) is 0.0337. The normalized spacial score (nSPS) is 28.8. The lowest BCUT2D eigenvalue weighted by atomic mass is 9.74. The largest absolute Gasteiger partial charge is 0.481 e. The molecule has 0 aromatic rings. The molecule has 0 aromatic carbocycles. The van der Waals surface area contributed by atoms with E-state index in [0.29, 0.717) is 25.7 Å². The first-order valence-corrected chi connectivity index (χ1v) is 12.2. The van der Waals surface area contributed by atoms with Crippen molar-refractivity contribution in [2.24, 2.45) is 29.6 Å². The molecule has 8 nitrogen and oxygen atoms in total. The number of ether oxygens (including phenoxy) is 2. The molecule has 0 aliphatic heterocycles. The maximum atomic E-state index is 12.2. The zero-order valence-electron chi connectivity index (χ0n) is 18.1. The highest BCUT2D eigenvalue weighted by Crippen LogP contribution is 2.35. The molecule has 0 saturated heterocycles. The van der Waals surface area contributed by atoms with Gasteiger partial charge in [-0.2, -0.15) is 0 Å². The molecule has 0 heterocycles. The van der Waals surface area contributed by atoms with E-state index in [1.807, 2.05) is 20.8 Å². The molecule has 0 spiro atoms. The first kappa shape index (κ1) is 26.3. The Kier molecular flexibility index (Phi) is 11.9. The van der Waals surface area contributed by atoms with E-state index >= 15 is 0 Å². The molecular formula is C21H35O8P. The average molecular weight is 446 g/mol. The second-order valence-corrected chi connectivity index (χ2v) is 8.85. The molecule has 30 heavy (non-hydrogen) atoms. The third kappa shape index (κ3) is 7.86. The molecule has 2 N–H and O–H groups in total. The summed E-state index contributed by atoms with van der Waals surface area (Å²) in [5.41, 5.74) is 0. The van der Waals surface area contributed by atoms with E-state index < -0.39 is 47.5 Å². The quantitative estimate of drug-likeness (QED) is 0.328. The van der Waals surface area contributed by atoms with E-state index in [1.165, 1.54) is 0 Å². The van der Waals surface area contributed by atoms with E-state index in [9.17, 15) is 29.4 Å². The minimum absolute atomic E-state index is 0.0337. The molecule has 0 amide bonds. The van der Waals surface area contributed by atoms with E-state index in [0.717, 1.165) is 19.3 Å². The Labute approximate surface area is 179 Å². The molecule has 0 radical (unpaired) electrons. The summed E-state index contributed by atoms with van der Waals surface area (Å²) in [5.74, 6) is -5.30. The molecular weight excluding hydrogens is 411 g/mol. The van der Waals surface area contributed by atoms with Crippen molar-refractivity contribution in [3.63, 3.8) is 0 Å². The lowest BCUT2D eigenvalue weighted by Crippen LogP contribution is -2.36. The van der Waals surface area contributed by atoms with Crippen LogP contribution in [0.15, 0.2) is 0 Å². The van der Waals surface area contributed by atoms with Gasteiger partial charge in [0.25, 0.3) is 0 Å². The molecule has 6 atom stereocenters. The lowest BCUT2D eigenvalue weighted by molar-refractivity contribution is -0.159. The molecule has 2 rings (SSSR count). The maximum Gasteiger partial charge on any atom is 0.310 e. The van der Waals surface area contributed by atoms with Crippen molar-refractivity contribution >= 4 is 32.5 Å². The van der Waals surface area contributed by atoms with Crippen molar-refractivity contribution in [2.45, 2.75) is 65.7 Å². The van der Waals surface area contributed by atoms with Gasteiger partial charge in [0.05, 0.1) is 23.7 Å². The van der Waals surface area contributed by atoms with Crippen molar-refractivity contribution in [2.75, 3.05) is 12.7 Å². The minimum atomic E-state index is -0.967. The molecule has 9 heteroatoms. The van der Waals surface area contributed by atoms with Gasteiger partial charge in [0.2, 0.25) is 0 Å². The van der Waals surface area contributed by atoms with Crippen LogP contribution < -0.4 is 0 Å². The Morgan fingerprint density at radius 1 is 0.767 bits per heavy atom. The summed E-state index contributed by atoms with van der Waals surface area (Å²) in [6.07, 6.45) is 4.54. The van der Waals surface area contributed by atoms with Crippen LogP contribution in [0.3, 0.4) is 0 Å². The van der Waals surface area contributed by atoms with Gasteiger partial charge in [-0.05, 0) is 46.6 Å². The predicted molar refractivity (Wildman–Crippen MR) is 112 cm³/mol. The number of hydrogen-bond acceptors (Lipinski definition) is 6. The lowest BCUT2D eigenvalue weighted by Gasteiger charge is -2.30. The fraction of sp³-hybridized carbons (Fsp3) is 0.810. The fourth-order valence-electron chi connectivity index (χ4n) is 4.14. The van der Waals surface area contributed by atoms with Gasteiger partial charge >= 0.3 is 23.9 Å². The number of hydrogen-bond donors (Lipinski definition) is 2. The van der Waals surface area contributed by atoms with Crippen LogP contribution in [0.1, 0.15) is 65.7 Å². The van der Waals surface area contributed by atoms with Crippen LogP contribution in [0, 0.1) is 29.6 Å². The molecule has 2 aliphatic carbocycles. The van der Waals surface area contributed by atoms with Crippen LogP contribution in [0.4, 0.5) is 0 Å². The topological polar surface area (TPSA) is 127 Å². The summed E-state index contributed by atoms with van der Waals surface area (Å²) in [6.45, 7) is 5.98. The van der Waals surface area contributed by atoms with Gasteiger partial charge in [-0.1, -0.05) is 33.6 Å². The van der Waals surface area contributed by atoms with E-state index in [2.05, 4.69) is 0 Å². The van der Waals surface area contributed by atoms with Crippen LogP contribution in [0.5, 0.6) is 0 Å². The van der Waals surface area contributed by atoms with Crippen LogP contribution in [0.2, 0.25) is 0 Å². The SMILES string of the molecule is CC.CC1CCC(C(=O)OCPCOC(=O)C2CCCCC2C(=O)O)C(C(=O)O)C1. The Morgan fingerprint density at radius 3 is 1.73 bits per heavy atom. The van der Waals surface area contributed by atoms with Crippen molar-refractivity contribution in [3.05, 3.63) is 0 Å². The Bertz CT molecular complexity index is 594. The van der Waals surface area contributed by atoms with Gasteiger partial charge in [0, 0.05) is 0 Å². The third-order valence-corrected chi connectivity index (χ3v) is 6.45. The van der Waals surface area contributed by atoms with Gasteiger partial charge in [-0.3, -0.25) is 19.2 Å². The smallest absolute Gasteiger partial charge is 0.310 e. The first-order chi connectivity index (χ1) is 14.3. The molecule has 172 valence electrons. The summed E-state index contributed by atoms with van der Waals surface area (Å²) >= 11 is 0. The number of carboxylic acid groups (broad SMARTS) is 2. The molecule has 0 bridgehead atoms. The number of esters is 2. The molecule has 2 aliphatic rings. The second kappa shape index (κ2) is 13.6. The Balaban J connectivity index is 0.00000218. The average Bonchev–Trinajstić information content (AvgIpc) is 2.74. The number of carbonyl (C=O) groups is 4. The number of aliphatic carboxylic acids is 2. The summed E-state index contributed by atoms with van der Waals surface area (Å²) in [5, 5.41) is 18.5. The van der Waals surface area contributed by atoms with Gasteiger partial charge in [-0.15, -0.1) is 0 Å². The molecule has 0 aromatic heterocycles. The van der Waals surface area contributed by atoms with Crippen molar-refractivity contribution in [3.8, 4) is 0 Å². The molecule has 2 fully saturated rings. The Hall–Kier alpha value is -1.69. The monoisotopic (exact) mass is 446 g/mol. The van der Waals surface area contributed by atoms with Gasteiger partial charge in [0.15, 0.2) is 0 Å². The van der Waals surface area contributed by atoms with E-state index in [-0.39, 0.29) is 27.2 Å². The van der Waals surface area contributed by atoms with Gasteiger partial charge < -0.3 is 19.7 Å². The van der Waals surface area contributed by atoms with Crippen molar-refractivity contribution in [1.29, 1.82) is 0 Å². The zero-order valence-corrected chi connectivity index (χ0v) is 19.1. The standard InChI is InChI=1S/C19H29O8P.C2H6/c1-11-6-7-14(15(8-11)17(22)23)19(25)27-10-28-9-26-18(24)13-5-3-2-4-12(13)16(20)21;1-2/h11-15,28H,2-10H2,1H3,(H,20,21)(H,22,23);1-2H3. The maximum absolute atomic E-state index is 12.2. The summed E-state index contributed by atoms with van der Waals surface area (Å²) in [4.78, 5) is 47.0. The van der Waals surface area contributed by atoms with Gasteiger partial charge in [-0.25, -0.2) is 0 Å². The highest BCUT2D eigenvalue weighted by atomic mass is 31.1. The summed E-state index contributed by atoms with van der Waals surface area (Å²) < 4.78 is 10.4. The Morgan fingerprint density at radius 2 is 1.23 bits per heavy atom. The second-order valence-electron chi connectivity index (χ2n) is 7.77. The minimum Gasteiger partial charge on any atom is -0.481 e. The fourth-order valence-corrected chi connectivity index (χ4v) is 4.72. The van der Waals surface area contributed by atoms with Crippen LogP contribution in [-0.2, 0) is 28.7 Å². The number of carboxylic acids is 2. The van der Waals surface area contributed by atoms with Gasteiger partial charge in [0.1, 0.15) is 12.7 Å². The predicted octanol–water partition coefficient (Wildman–Crippen LogP) is 3.72. The summed E-state index contributed by atoms with van der Waals surface area (Å²) in [6, 6.07) is 0. The zero-order chi connectivity index (χ0) is 22.7. The molecule has 2 saturated carbocycles. The number of carbonyl (C=O) groups excluding carboxylic acids is 2. The molecule has 6 unspecified atom stereocenters. The third-order valence-electron chi connectivity index (χ3n) is 5.75. The van der Waals surface area contributed by atoms with Crippen molar-refractivity contribution in [1.82, 2.24) is 0 Å².